The molecule has 0 saturated heterocycles. The maximum atomic E-state index is 5.49. The molecule has 0 aliphatic rings. The number of hydrogen-bond acceptors (Lipinski definition) is 4. The Morgan fingerprint density at radius 2 is 2.20 bits per heavy atom. The Labute approximate surface area is 94.9 Å². The third kappa shape index (κ3) is 3.79. The summed E-state index contributed by atoms with van der Waals surface area (Å²) >= 11 is 4.85. The van der Waals surface area contributed by atoms with E-state index >= 15 is 0 Å². The Bertz CT molecular complexity index is 366. The van der Waals surface area contributed by atoms with Gasteiger partial charge in [-0.1, -0.05) is 26.1 Å². The molecule has 0 amide bonds. The molecule has 0 bridgehead atoms. The number of aryl methyl sites for hydroxylation is 1. The van der Waals surface area contributed by atoms with Gasteiger partial charge in [-0.2, -0.15) is 4.98 Å². The van der Waals surface area contributed by atoms with Gasteiger partial charge < -0.3 is 10.5 Å². The van der Waals surface area contributed by atoms with Gasteiger partial charge in [-0.3, -0.25) is 0 Å². The van der Waals surface area contributed by atoms with Crippen molar-refractivity contribution in [3.8, 4) is 6.01 Å². The molecule has 1 heterocycles. The average molecular weight is 225 g/mol. The van der Waals surface area contributed by atoms with Crippen LogP contribution in [0.2, 0.25) is 0 Å². The lowest BCUT2D eigenvalue weighted by Crippen LogP contribution is -2.14. The molecule has 0 saturated carbocycles. The van der Waals surface area contributed by atoms with Crippen molar-refractivity contribution in [2.45, 2.75) is 20.8 Å². The molecule has 5 heteroatoms. The van der Waals surface area contributed by atoms with Crippen molar-refractivity contribution in [3.05, 3.63) is 17.5 Å². The number of hydrogen-bond donors (Lipinski definition) is 1. The molecule has 0 radical (unpaired) electrons. The zero-order chi connectivity index (χ0) is 11.4. The first-order chi connectivity index (χ1) is 6.99. The lowest BCUT2D eigenvalue weighted by Gasteiger charge is -2.08. The molecule has 4 nitrogen and oxygen atoms in total. The second kappa shape index (κ2) is 5.02. The fraction of sp³-hybridized carbons (Fsp3) is 0.500. The van der Waals surface area contributed by atoms with Crippen LogP contribution in [0, 0.1) is 12.8 Å². The summed E-state index contributed by atoms with van der Waals surface area (Å²) < 4.78 is 5.40. The SMILES string of the molecule is Cc1cc(C(N)=S)nc(OCC(C)C)n1. The molecule has 0 fully saturated rings. The van der Waals surface area contributed by atoms with E-state index in [0.717, 1.165) is 5.69 Å². The summed E-state index contributed by atoms with van der Waals surface area (Å²) in [6.45, 7) is 6.56. The van der Waals surface area contributed by atoms with Crippen molar-refractivity contribution in [2.75, 3.05) is 6.61 Å². The van der Waals surface area contributed by atoms with Crippen molar-refractivity contribution < 1.29 is 4.74 Å². The van der Waals surface area contributed by atoms with Crippen LogP contribution in [0.1, 0.15) is 25.2 Å². The summed E-state index contributed by atoms with van der Waals surface area (Å²) in [4.78, 5) is 8.50. The van der Waals surface area contributed by atoms with E-state index in [0.29, 0.717) is 24.2 Å². The highest BCUT2D eigenvalue weighted by molar-refractivity contribution is 7.80. The second-order valence-electron chi connectivity index (χ2n) is 3.75. The minimum Gasteiger partial charge on any atom is -0.463 e. The molecule has 1 rings (SSSR count). The summed E-state index contributed by atoms with van der Waals surface area (Å²) in [7, 11) is 0. The molecule has 0 aromatic carbocycles. The molecular formula is C10H15N3OS. The van der Waals surface area contributed by atoms with Crippen molar-refractivity contribution in [2.24, 2.45) is 11.7 Å². The average Bonchev–Trinajstić information content (AvgIpc) is 2.13. The van der Waals surface area contributed by atoms with E-state index in [1.54, 1.807) is 6.07 Å². The summed E-state index contributed by atoms with van der Waals surface area (Å²) in [5.74, 6) is 0.433. The minimum atomic E-state index is 0.259. The predicted molar refractivity (Wildman–Crippen MR) is 63.0 cm³/mol. The number of ether oxygens (including phenoxy) is 1. The fourth-order valence-corrected chi connectivity index (χ4v) is 1.08. The minimum absolute atomic E-state index is 0.259. The van der Waals surface area contributed by atoms with E-state index in [4.69, 9.17) is 22.7 Å². The zero-order valence-electron chi connectivity index (χ0n) is 9.15. The molecule has 15 heavy (non-hydrogen) atoms. The van der Waals surface area contributed by atoms with Crippen molar-refractivity contribution in [3.63, 3.8) is 0 Å². The van der Waals surface area contributed by atoms with Gasteiger partial charge in [0.05, 0.1) is 6.61 Å². The Hall–Kier alpha value is -1.23. The van der Waals surface area contributed by atoms with E-state index in [-0.39, 0.29) is 4.99 Å². The van der Waals surface area contributed by atoms with Gasteiger partial charge in [0.2, 0.25) is 0 Å². The zero-order valence-corrected chi connectivity index (χ0v) is 9.97. The van der Waals surface area contributed by atoms with Crippen LogP contribution in [0.5, 0.6) is 6.01 Å². The summed E-state index contributed by atoms with van der Waals surface area (Å²) in [5.41, 5.74) is 6.84. The molecule has 1 aromatic rings. The van der Waals surface area contributed by atoms with Crippen LogP contribution in [-0.2, 0) is 0 Å². The van der Waals surface area contributed by atoms with Crippen LogP contribution in [0.3, 0.4) is 0 Å². The van der Waals surface area contributed by atoms with Gasteiger partial charge in [-0.05, 0) is 18.9 Å². The fourth-order valence-electron chi connectivity index (χ4n) is 0.973. The highest BCUT2D eigenvalue weighted by atomic mass is 32.1. The van der Waals surface area contributed by atoms with Crippen LogP contribution in [0.15, 0.2) is 6.07 Å². The van der Waals surface area contributed by atoms with Gasteiger partial charge in [0.15, 0.2) is 0 Å². The van der Waals surface area contributed by atoms with Crippen LogP contribution in [0.4, 0.5) is 0 Å². The van der Waals surface area contributed by atoms with Crippen molar-refractivity contribution in [1.82, 2.24) is 9.97 Å². The van der Waals surface area contributed by atoms with Crippen LogP contribution >= 0.6 is 12.2 Å². The first kappa shape index (κ1) is 11.8. The van der Waals surface area contributed by atoms with Crippen LogP contribution in [-0.4, -0.2) is 21.6 Å². The number of nitrogens with zero attached hydrogens (tertiary/aromatic N) is 2. The first-order valence-corrected chi connectivity index (χ1v) is 5.18. The van der Waals surface area contributed by atoms with E-state index in [9.17, 15) is 0 Å². The van der Waals surface area contributed by atoms with Crippen LogP contribution in [0.25, 0.3) is 0 Å². The van der Waals surface area contributed by atoms with Crippen molar-refractivity contribution in [1.29, 1.82) is 0 Å². The maximum absolute atomic E-state index is 5.49. The van der Waals surface area contributed by atoms with Gasteiger partial charge in [0, 0.05) is 5.69 Å². The van der Waals surface area contributed by atoms with Gasteiger partial charge in [0.25, 0.3) is 0 Å². The van der Waals surface area contributed by atoms with Crippen molar-refractivity contribution >= 4 is 17.2 Å². The normalized spacial score (nSPS) is 10.4. The molecule has 0 unspecified atom stereocenters. The number of aromatic nitrogens is 2. The van der Waals surface area contributed by atoms with E-state index in [1.807, 2.05) is 6.92 Å². The lowest BCUT2D eigenvalue weighted by molar-refractivity contribution is 0.250. The Morgan fingerprint density at radius 1 is 1.53 bits per heavy atom. The van der Waals surface area contributed by atoms with E-state index in [2.05, 4.69) is 23.8 Å². The highest BCUT2D eigenvalue weighted by Crippen LogP contribution is 2.08. The number of thiocarbonyl (C=S) groups is 1. The number of rotatable bonds is 4. The monoisotopic (exact) mass is 225 g/mol. The van der Waals surface area contributed by atoms with Gasteiger partial charge in [0.1, 0.15) is 10.7 Å². The van der Waals surface area contributed by atoms with Gasteiger partial charge in [-0.15, -0.1) is 0 Å². The van der Waals surface area contributed by atoms with E-state index < -0.39 is 0 Å². The second-order valence-corrected chi connectivity index (χ2v) is 4.19. The molecular weight excluding hydrogens is 210 g/mol. The third-order valence-corrected chi connectivity index (χ3v) is 1.84. The predicted octanol–water partition coefficient (Wildman–Crippen LogP) is 1.45. The Morgan fingerprint density at radius 3 is 2.73 bits per heavy atom. The topological polar surface area (TPSA) is 61.0 Å². The lowest BCUT2D eigenvalue weighted by atomic mass is 10.2. The molecule has 0 atom stereocenters. The smallest absolute Gasteiger partial charge is 0.317 e. The molecule has 82 valence electrons. The maximum Gasteiger partial charge on any atom is 0.317 e. The molecule has 1 aromatic heterocycles. The quantitative estimate of drug-likeness (QED) is 0.786. The number of nitrogens with two attached hydrogens (primary N) is 1. The molecule has 0 aliphatic heterocycles. The van der Waals surface area contributed by atoms with E-state index in [1.165, 1.54) is 0 Å². The first-order valence-electron chi connectivity index (χ1n) is 4.77. The summed E-state index contributed by atoms with van der Waals surface area (Å²) in [6, 6.07) is 2.08. The largest absolute Gasteiger partial charge is 0.463 e. The highest BCUT2D eigenvalue weighted by Gasteiger charge is 2.06. The summed E-state index contributed by atoms with van der Waals surface area (Å²) in [5, 5.41) is 0. The molecule has 0 spiro atoms. The Balaban J connectivity index is 2.84. The standard InChI is InChI=1S/C10H15N3OS/c1-6(2)5-14-10-12-7(3)4-8(13-10)9(11)15/h4,6H,5H2,1-3H3,(H2,11,15). The summed E-state index contributed by atoms with van der Waals surface area (Å²) in [6.07, 6.45) is 0. The van der Waals surface area contributed by atoms with Gasteiger partial charge in [-0.25, -0.2) is 4.98 Å². The van der Waals surface area contributed by atoms with Gasteiger partial charge >= 0.3 is 6.01 Å². The third-order valence-electron chi connectivity index (χ3n) is 1.63. The molecule has 2 N–H and O–H groups in total. The van der Waals surface area contributed by atoms with Crippen LogP contribution < -0.4 is 10.5 Å². The molecule has 0 aliphatic carbocycles. The Kier molecular flexibility index (Phi) is 3.96.